The lowest BCUT2D eigenvalue weighted by Gasteiger charge is -2.16. The zero-order valence-corrected chi connectivity index (χ0v) is 13.1. The van der Waals surface area contributed by atoms with Crippen molar-refractivity contribution in [1.29, 1.82) is 0 Å². The number of aliphatic carboxylic acids is 1. The molecule has 1 atom stereocenters. The lowest BCUT2D eigenvalue weighted by molar-refractivity contribution is -0.142. The third-order valence-corrected chi connectivity index (χ3v) is 3.13. The molecule has 1 rings (SSSR count). The van der Waals surface area contributed by atoms with Gasteiger partial charge in [-0.3, -0.25) is 4.79 Å². The summed E-state index contributed by atoms with van der Waals surface area (Å²) in [5.74, 6) is -1.21. The Labute approximate surface area is 133 Å². The molecule has 5 nitrogen and oxygen atoms in total. The number of rotatable bonds is 9. The molecule has 128 valence electrons. The first kappa shape index (κ1) is 18.9. The predicted molar refractivity (Wildman–Crippen MR) is 80.4 cm³/mol. The van der Waals surface area contributed by atoms with Crippen LogP contribution in [0.25, 0.3) is 0 Å². The zero-order valence-electron chi connectivity index (χ0n) is 13.1. The van der Waals surface area contributed by atoms with Crippen LogP contribution in [0.2, 0.25) is 0 Å². The van der Waals surface area contributed by atoms with E-state index in [0.29, 0.717) is 12.8 Å². The van der Waals surface area contributed by atoms with Gasteiger partial charge in [-0.2, -0.15) is 8.78 Å². The largest absolute Gasteiger partial charge is 0.480 e. The fourth-order valence-electron chi connectivity index (χ4n) is 2.05. The molecule has 0 unspecified atom stereocenters. The molecule has 0 saturated carbocycles. The van der Waals surface area contributed by atoms with E-state index in [1.165, 1.54) is 12.1 Å². The number of ether oxygens (including phenoxy) is 1. The molecule has 0 spiro atoms. The highest BCUT2D eigenvalue weighted by Gasteiger charge is 2.20. The third-order valence-electron chi connectivity index (χ3n) is 3.13. The van der Waals surface area contributed by atoms with Crippen LogP contribution in [-0.4, -0.2) is 29.6 Å². The van der Waals surface area contributed by atoms with Gasteiger partial charge in [-0.1, -0.05) is 26.0 Å². The molecule has 1 aromatic carbocycles. The van der Waals surface area contributed by atoms with Gasteiger partial charge in [0.25, 0.3) is 0 Å². The minimum Gasteiger partial charge on any atom is -0.480 e. The molecule has 1 aromatic rings. The van der Waals surface area contributed by atoms with Gasteiger partial charge in [0.15, 0.2) is 0 Å². The van der Waals surface area contributed by atoms with Gasteiger partial charge in [-0.05, 0) is 36.5 Å². The van der Waals surface area contributed by atoms with Crippen molar-refractivity contribution in [1.82, 2.24) is 5.32 Å². The maximum Gasteiger partial charge on any atom is 0.387 e. The number of aryl methyl sites for hydroxylation is 1. The van der Waals surface area contributed by atoms with Crippen LogP contribution >= 0.6 is 0 Å². The molecular formula is C16H21F2NO4. The van der Waals surface area contributed by atoms with Gasteiger partial charge in [-0.25, -0.2) is 4.79 Å². The van der Waals surface area contributed by atoms with Crippen molar-refractivity contribution in [3.63, 3.8) is 0 Å². The van der Waals surface area contributed by atoms with E-state index in [0.717, 1.165) is 5.56 Å². The summed E-state index contributed by atoms with van der Waals surface area (Å²) in [5, 5.41) is 11.6. The first-order valence-corrected chi connectivity index (χ1v) is 7.34. The highest BCUT2D eigenvalue weighted by Crippen LogP contribution is 2.15. The standard InChI is InChI=1S/C16H21F2NO4/c1-10(2)9-13(15(21)22)19-14(20)8-5-11-3-6-12(7-4-11)23-16(17)18/h3-4,6-7,10,13,16H,5,8-9H2,1-2H3,(H,19,20)(H,21,22)/t13-/m1/s1. The SMILES string of the molecule is CC(C)C[C@@H](NC(=O)CCc1ccc(OC(F)F)cc1)C(=O)O. The zero-order chi connectivity index (χ0) is 17.4. The Bertz CT molecular complexity index is 517. The summed E-state index contributed by atoms with van der Waals surface area (Å²) in [6, 6.07) is 5.09. The quantitative estimate of drug-likeness (QED) is 0.730. The van der Waals surface area contributed by atoms with Crippen LogP contribution in [0.4, 0.5) is 8.78 Å². The number of carbonyl (C=O) groups excluding carboxylic acids is 1. The second-order valence-electron chi connectivity index (χ2n) is 5.61. The number of amides is 1. The van der Waals surface area contributed by atoms with Crippen LogP contribution in [-0.2, 0) is 16.0 Å². The van der Waals surface area contributed by atoms with Gasteiger partial charge in [0.1, 0.15) is 11.8 Å². The van der Waals surface area contributed by atoms with E-state index >= 15 is 0 Å². The molecule has 7 heteroatoms. The highest BCUT2D eigenvalue weighted by atomic mass is 19.3. The Balaban J connectivity index is 2.47. The predicted octanol–water partition coefficient (Wildman–Crippen LogP) is 2.84. The van der Waals surface area contributed by atoms with Crippen LogP contribution in [0.15, 0.2) is 24.3 Å². The number of alkyl halides is 2. The van der Waals surface area contributed by atoms with E-state index in [4.69, 9.17) is 5.11 Å². The minimum atomic E-state index is -2.87. The van der Waals surface area contributed by atoms with Crippen molar-refractivity contribution in [3.05, 3.63) is 29.8 Å². The van der Waals surface area contributed by atoms with Crippen molar-refractivity contribution in [3.8, 4) is 5.75 Å². The molecule has 1 amide bonds. The summed E-state index contributed by atoms with van der Waals surface area (Å²) >= 11 is 0. The molecule has 0 bridgehead atoms. The van der Waals surface area contributed by atoms with Gasteiger partial charge in [0.05, 0.1) is 0 Å². The minimum absolute atomic E-state index is 0.0519. The fourth-order valence-corrected chi connectivity index (χ4v) is 2.05. The van der Waals surface area contributed by atoms with Gasteiger partial charge in [0, 0.05) is 6.42 Å². The lowest BCUT2D eigenvalue weighted by atomic mass is 10.0. The molecule has 0 fully saturated rings. The second-order valence-corrected chi connectivity index (χ2v) is 5.61. The molecule has 0 aliphatic carbocycles. The Morgan fingerprint density at radius 2 is 1.83 bits per heavy atom. The molecule has 23 heavy (non-hydrogen) atoms. The van der Waals surface area contributed by atoms with E-state index < -0.39 is 18.6 Å². The fraction of sp³-hybridized carbons (Fsp3) is 0.500. The maximum absolute atomic E-state index is 12.0. The van der Waals surface area contributed by atoms with Gasteiger partial charge in [-0.15, -0.1) is 0 Å². The number of halogens is 2. The van der Waals surface area contributed by atoms with Crippen LogP contribution in [0.5, 0.6) is 5.75 Å². The second kappa shape index (κ2) is 9.07. The molecule has 0 radical (unpaired) electrons. The number of hydrogen-bond donors (Lipinski definition) is 2. The molecule has 0 saturated heterocycles. The number of carbonyl (C=O) groups is 2. The summed E-state index contributed by atoms with van der Waals surface area (Å²) in [5.41, 5.74) is 0.775. The lowest BCUT2D eigenvalue weighted by Crippen LogP contribution is -2.41. The topological polar surface area (TPSA) is 75.6 Å². The normalized spacial score (nSPS) is 12.3. The molecule has 0 heterocycles. The van der Waals surface area contributed by atoms with Crippen molar-refractivity contribution in [2.24, 2.45) is 5.92 Å². The van der Waals surface area contributed by atoms with E-state index in [-0.39, 0.29) is 24.0 Å². The van der Waals surface area contributed by atoms with Crippen molar-refractivity contribution in [2.45, 2.75) is 45.8 Å². The molecule has 0 aliphatic rings. The van der Waals surface area contributed by atoms with E-state index in [9.17, 15) is 18.4 Å². The maximum atomic E-state index is 12.0. The average molecular weight is 329 g/mol. The highest BCUT2D eigenvalue weighted by molar-refractivity contribution is 5.83. The van der Waals surface area contributed by atoms with Crippen molar-refractivity contribution < 1.29 is 28.2 Å². The van der Waals surface area contributed by atoms with Crippen LogP contribution in [0.1, 0.15) is 32.3 Å². The van der Waals surface area contributed by atoms with Gasteiger partial charge in [0.2, 0.25) is 5.91 Å². The number of carboxylic acid groups (broad SMARTS) is 1. The Kier molecular flexibility index (Phi) is 7.44. The van der Waals surface area contributed by atoms with E-state index in [2.05, 4.69) is 10.1 Å². The van der Waals surface area contributed by atoms with Gasteiger partial charge < -0.3 is 15.2 Å². The van der Waals surface area contributed by atoms with E-state index in [1.54, 1.807) is 12.1 Å². The van der Waals surface area contributed by atoms with Gasteiger partial charge >= 0.3 is 12.6 Å². The summed E-state index contributed by atoms with van der Waals surface area (Å²) in [7, 11) is 0. The summed E-state index contributed by atoms with van der Waals surface area (Å²) < 4.78 is 28.3. The number of benzene rings is 1. The Morgan fingerprint density at radius 3 is 2.30 bits per heavy atom. The monoisotopic (exact) mass is 329 g/mol. The Morgan fingerprint density at radius 1 is 1.22 bits per heavy atom. The van der Waals surface area contributed by atoms with Crippen molar-refractivity contribution in [2.75, 3.05) is 0 Å². The Hall–Kier alpha value is -2.18. The number of nitrogens with one attached hydrogen (secondary N) is 1. The molecule has 0 aromatic heterocycles. The summed E-state index contributed by atoms with van der Waals surface area (Å²) in [4.78, 5) is 22.9. The smallest absolute Gasteiger partial charge is 0.387 e. The number of hydrogen-bond acceptors (Lipinski definition) is 3. The van der Waals surface area contributed by atoms with Crippen molar-refractivity contribution >= 4 is 11.9 Å². The first-order chi connectivity index (χ1) is 10.8. The summed E-state index contributed by atoms with van der Waals surface area (Å²) in [6.07, 6.45) is 0.868. The summed E-state index contributed by atoms with van der Waals surface area (Å²) in [6.45, 7) is 0.886. The van der Waals surface area contributed by atoms with Crippen LogP contribution in [0.3, 0.4) is 0 Å². The van der Waals surface area contributed by atoms with Crippen LogP contribution < -0.4 is 10.1 Å². The number of carboxylic acids is 1. The third kappa shape index (κ3) is 7.58. The molecular weight excluding hydrogens is 308 g/mol. The van der Waals surface area contributed by atoms with E-state index in [1.807, 2.05) is 13.8 Å². The molecule has 2 N–H and O–H groups in total. The first-order valence-electron chi connectivity index (χ1n) is 7.34. The average Bonchev–Trinajstić information content (AvgIpc) is 2.44. The molecule has 0 aliphatic heterocycles. The van der Waals surface area contributed by atoms with Crippen LogP contribution in [0, 0.1) is 5.92 Å².